The number of hydrogen-bond donors (Lipinski definition) is 4. The van der Waals surface area contributed by atoms with E-state index in [1.807, 2.05) is 44.2 Å². The first-order valence-electron chi connectivity index (χ1n) is 9.99. The maximum absolute atomic E-state index is 13.7. The maximum atomic E-state index is 13.7. The largest absolute Gasteiger partial charge is 0.477 e. The molecule has 8 nitrogen and oxygen atoms in total. The van der Waals surface area contributed by atoms with Gasteiger partial charge in [0.05, 0.1) is 36.3 Å². The van der Waals surface area contributed by atoms with Crippen LogP contribution in [-0.2, 0) is 17.8 Å². The van der Waals surface area contributed by atoms with E-state index in [0.717, 1.165) is 17.0 Å². The van der Waals surface area contributed by atoms with Crippen LogP contribution in [0.3, 0.4) is 0 Å². The van der Waals surface area contributed by atoms with Crippen molar-refractivity contribution in [3.63, 3.8) is 0 Å². The number of H-pyrrole nitrogens is 2. The van der Waals surface area contributed by atoms with Crippen LogP contribution in [0.15, 0.2) is 48.9 Å². The zero-order chi connectivity index (χ0) is 21.3. The van der Waals surface area contributed by atoms with Crippen molar-refractivity contribution in [2.45, 2.75) is 38.9 Å². The van der Waals surface area contributed by atoms with Gasteiger partial charge in [-0.2, -0.15) is 0 Å². The van der Waals surface area contributed by atoms with Crippen molar-refractivity contribution in [3.05, 3.63) is 71.6 Å². The van der Waals surface area contributed by atoms with E-state index in [-0.39, 0.29) is 23.6 Å². The number of carbonyl (C=O) groups is 2. The fourth-order valence-electron chi connectivity index (χ4n) is 3.93. The summed E-state index contributed by atoms with van der Waals surface area (Å²) in [7, 11) is 0. The Balaban J connectivity index is 1.79. The lowest BCUT2D eigenvalue weighted by Gasteiger charge is -2.25. The number of nitrogens with zero attached hydrogens (tertiary/aromatic N) is 2. The van der Waals surface area contributed by atoms with E-state index in [1.165, 1.54) is 0 Å². The number of imidazole rings is 1. The first kappa shape index (κ1) is 19.9. The van der Waals surface area contributed by atoms with Crippen LogP contribution in [-0.4, -0.2) is 38.0 Å². The lowest BCUT2D eigenvalue weighted by Crippen LogP contribution is -2.47. The molecular weight excluding hydrogens is 382 g/mol. The molecule has 0 unspecified atom stereocenters. The van der Waals surface area contributed by atoms with Gasteiger partial charge < -0.3 is 20.0 Å². The van der Waals surface area contributed by atoms with Gasteiger partial charge in [-0.3, -0.25) is 10.1 Å². The molecule has 0 aliphatic carbocycles. The molecule has 4 N–H and O–H groups in total. The number of hydrogen-bond acceptors (Lipinski definition) is 4. The second kappa shape index (κ2) is 8.16. The lowest BCUT2D eigenvalue weighted by atomic mass is 9.99. The zero-order valence-corrected chi connectivity index (χ0v) is 16.9. The van der Waals surface area contributed by atoms with Gasteiger partial charge in [0.25, 0.3) is 0 Å². The average molecular weight is 407 g/mol. The Labute approximate surface area is 174 Å². The molecule has 2 atom stereocenters. The van der Waals surface area contributed by atoms with Gasteiger partial charge in [0, 0.05) is 18.3 Å². The summed E-state index contributed by atoms with van der Waals surface area (Å²) in [5.74, 6) is -1.02. The SMILES string of the molecule is CC(C)[C@H]1N[C@@H](Cc2cnc[nH]2)C(=O)N(Cc2ccccc2)c2cc(C(=O)O)[nH]c21. The van der Waals surface area contributed by atoms with Gasteiger partial charge in [-0.1, -0.05) is 44.2 Å². The van der Waals surface area contributed by atoms with E-state index in [1.54, 1.807) is 23.5 Å². The Kier molecular flexibility index (Phi) is 5.41. The van der Waals surface area contributed by atoms with Crippen LogP contribution in [0, 0.1) is 5.92 Å². The molecule has 30 heavy (non-hydrogen) atoms. The van der Waals surface area contributed by atoms with Crippen molar-refractivity contribution in [1.82, 2.24) is 20.3 Å². The first-order valence-corrected chi connectivity index (χ1v) is 9.99. The third-order valence-electron chi connectivity index (χ3n) is 5.43. The standard InChI is InChI=1S/C22H25N5O3/c1-13(2)19-20-18(9-17(26-20)22(29)30)27(11-14-6-4-3-5-7-14)21(28)16(25-19)8-15-10-23-12-24-15/h3-7,9-10,12-13,16,19,25-26H,8,11H2,1-2H3,(H,23,24)(H,29,30)/t16-,19+/m0/s1. The molecular formula is C22H25N5O3. The van der Waals surface area contributed by atoms with Gasteiger partial charge in [0.15, 0.2) is 0 Å². The molecule has 1 aromatic carbocycles. The van der Waals surface area contributed by atoms with Gasteiger partial charge >= 0.3 is 5.97 Å². The highest BCUT2D eigenvalue weighted by Crippen LogP contribution is 2.36. The molecule has 0 bridgehead atoms. The minimum absolute atomic E-state index is 0.0744. The minimum Gasteiger partial charge on any atom is -0.477 e. The third-order valence-corrected chi connectivity index (χ3v) is 5.43. The Morgan fingerprint density at radius 3 is 2.67 bits per heavy atom. The van der Waals surface area contributed by atoms with E-state index in [0.29, 0.717) is 18.7 Å². The number of carboxylic acids is 1. The highest BCUT2D eigenvalue weighted by Gasteiger charge is 2.37. The Bertz CT molecular complexity index is 1030. The number of aromatic nitrogens is 3. The third kappa shape index (κ3) is 3.86. The minimum atomic E-state index is -1.05. The van der Waals surface area contributed by atoms with Crippen LogP contribution in [0.2, 0.25) is 0 Å². The summed E-state index contributed by atoms with van der Waals surface area (Å²) in [5.41, 5.74) is 3.24. The number of aromatic carboxylic acids is 1. The molecule has 0 radical (unpaired) electrons. The molecule has 0 spiro atoms. The average Bonchev–Trinajstić information content (AvgIpc) is 3.37. The number of nitrogens with one attached hydrogen (secondary N) is 3. The summed E-state index contributed by atoms with van der Waals surface area (Å²) in [6, 6.07) is 10.6. The number of carbonyl (C=O) groups excluding carboxylic acids is 1. The second-order valence-corrected chi connectivity index (χ2v) is 7.92. The van der Waals surface area contributed by atoms with Gasteiger partial charge in [0.2, 0.25) is 5.91 Å². The molecule has 0 saturated carbocycles. The van der Waals surface area contributed by atoms with Crippen molar-refractivity contribution >= 4 is 17.6 Å². The number of anilines is 1. The zero-order valence-electron chi connectivity index (χ0n) is 16.9. The highest BCUT2D eigenvalue weighted by molar-refractivity contribution is 6.00. The Morgan fingerprint density at radius 1 is 1.27 bits per heavy atom. The monoisotopic (exact) mass is 407 g/mol. The van der Waals surface area contributed by atoms with Crippen molar-refractivity contribution in [2.24, 2.45) is 5.92 Å². The predicted octanol–water partition coefficient (Wildman–Crippen LogP) is 2.88. The number of benzene rings is 1. The molecule has 3 heterocycles. The highest BCUT2D eigenvalue weighted by atomic mass is 16.4. The fraction of sp³-hybridized carbons (Fsp3) is 0.318. The maximum Gasteiger partial charge on any atom is 0.352 e. The number of fused-ring (bicyclic) bond motifs is 1. The summed E-state index contributed by atoms with van der Waals surface area (Å²) in [5, 5.41) is 13.0. The summed E-state index contributed by atoms with van der Waals surface area (Å²) < 4.78 is 0. The molecule has 3 aromatic rings. The smallest absolute Gasteiger partial charge is 0.352 e. The molecule has 1 aliphatic rings. The summed E-state index contributed by atoms with van der Waals surface area (Å²) in [6.07, 6.45) is 3.77. The lowest BCUT2D eigenvalue weighted by molar-refractivity contribution is -0.120. The van der Waals surface area contributed by atoms with Crippen molar-refractivity contribution in [3.8, 4) is 0 Å². The van der Waals surface area contributed by atoms with Crippen LogP contribution in [0.25, 0.3) is 0 Å². The number of aromatic amines is 2. The van der Waals surface area contributed by atoms with Crippen LogP contribution in [0.4, 0.5) is 5.69 Å². The number of rotatable bonds is 6. The van der Waals surface area contributed by atoms with Crippen LogP contribution in [0.1, 0.15) is 47.3 Å². The van der Waals surface area contributed by atoms with E-state index in [2.05, 4.69) is 20.3 Å². The first-order chi connectivity index (χ1) is 14.4. The van der Waals surface area contributed by atoms with Crippen molar-refractivity contribution in [2.75, 3.05) is 4.90 Å². The van der Waals surface area contributed by atoms with Crippen LogP contribution >= 0.6 is 0 Å². The number of amides is 1. The summed E-state index contributed by atoms with van der Waals surface area (Å²) in [6.45, 7) is 4.45. The van der Waals surface area contributed by atoms with Crippen LogP contribution < -0.4 is 10.2 Å². The number of carboxylic acid groups (broad SMARTS) is 1. The van der Waals surface area contributed by atoms with Gasteiger partial charge in [-0.15, -0.1) is 0 Å². The molecule has 8 heteroatoms. The van der Waals surface area contributed by atoms with Crippen LogP contribution in [0.5, 0.6) is 0 Å². The fourth-order valence-corrected chi connectivity index (χ4v) is 3.93. The predicted molar refractivity (Wildman–Crippen MR) is 112 cm³/mol. The van der Waals surface area contributed by atoms with Gasteiger partial charge in [-0.05, 0) is 17.5 Å². The van der Waals surface area contributed by atoms with Gasteiger partial charge in [-0.25, -0.2) is 9.78 Å². The quantitative estimate of drug-likeness (QED) is 0.502. The van der Waals surface area contributed by atoms with E-state index >= 15 is 0 Å². The summed E-state index contributed by atoms with van der Waals surface area (Å²) >= 11 is 0. The second-order valence-electron chi connectivity index (χ2n) is 7.92. The van der Waals surface area contributed by atoms with E-state index < -0.39 is 12.0 Å². The molecule has 156 valence electrons. The van der Waals surface area contributed by atoms with E-state index in [4.69, 9.17) is 0 Å². The Morgan fingerprint density at radius 2 is 2.03 bits per heavy atom. The molecule has 4 rings (SSSR count). The summed E-state index contributed by atoms with van der Waals surface area (Å²) in [4.78, 5) is 37.1. The molecule has 1 aliphatic heterocycles. The van der Waals surface area contributed by atoms with Crippen molar-refractivity contribution < 1.29 is 14.7 Å². The Hall–Kier alpha value is -3.39. The molecule has 0 saturated heterocycles. The molecule has 2 aromatic heterocycles. The molecule has 1 amide bonds. The van der Waals surface area contributed by atoms with Crippen molar-refractivity contribution in [1.29, 1.82) is 0 Å². The normalized spacial score (nSPS) is 19.0. The topological polar surface area (TPSA) is 114 Å². The molecule has 0 fully saturated rings. The van der Waals surface area contributed by atoms with E-state index in [9.17, 15) is 14.7 Å². The van der Waals surface area contributed by atoms with Gasteiger partial charge in [0.1, 0.15) is 5.69 Å².